The van der Waals surface area contributed by atoms with Crippen LogP contribution in [-0.4, -0.2) is 40.3 Å². The van der Waals surface area contributed by atoms with E-state index in [1.165, 1.54) is 0 Å². The lowest BCUT2D eigenvalue weighted by atomic mass is 10.1. The first-order valence-electron chi connectivity index (χ1n) is 4.22. The molecule has 5 heteroatoms. The fourth-order valence-corrected chi connectivity index (χ4v) is 0.856. The number of rotatable bonds is 6. The molecule has 0 aliphatic heterocycles. The molecule has 0 aromatic carbocycles. The molecule has 78 valence electrons. The first-order valence-corrected chi connectivity index (χ1v) is 4.22. The SMILES string of the molecule is CC(=O)OC(O)C(O)CCCCO. The second-order valence-corrected chi connectivity index (χ2v) is 2.79. The number of hydrogen-bond donors (Lipinski definition) is 3. The van der Waals surface area contributed by atoms with Crippen molar-refractivity contribution in [2.24, 2.45) is 0 Å². The van der Waals surface area contributed by atoms with Gasteiger partial charge in [0.2, 0.25) is 6.29 Å². The highest BCUT2D eigenvalue weighted by Gasteiger charge is 2.17. The molecule has 0 spiro atoms. The van der Waals surface area contributed by atoms with Crippen molar-refractivity contribution in [2.75, 3.05) is 6.61 Å². The van der Waals surface area contributed by atoms with E-state index < -0.39 is 18.4 Å². The van der Waals surface area contributed by atoms with Crippen molar-refractivity contribution in [1.29, 1.82) is 0 Å². The van der Waals surface area contributed by atoms with Gasteiger partial charge in [0.05, 0.1) is 0 Å². The van der Waals surface area contributed by atoms with Gasteiger partial charge in [0, 0.05) is 13.5 Å². The molecule has 0 saturated heterocycles. The maximum absolute atomic E-state index is 10.4. The van der Waals surface area contributed by atoms with Gasteiger partial charge < -0.3 is 20.1 Å². The van der Waals surface area contributed by atoms with E-state index in [1.54, 1.807) is 0 Å². The lowest BCUT2D eigenvalue weighted by molar-refractivity contribution is -0.185. The van der Waals surface area contributed by atoms with Crippen molar-refractivity contribution in [3.63, 3.8) is 0 Å². The molecule has 0 aromatic heterocycles. The third-order valence-electron chi connectivity index (χ3n) is 1.52. The highest BCUT2D eigenvalue weighted by atomic mass is 16.6. The monoisotopic (exact) mass is 192 g/mol. The molecule has 0 bridgehead atoms. The van der Waals surface area contributed by atoms with Crippen LogP contribution in [0.1, 0.15) is 26.2 Å². The summed E-state index contributed by atoms with van der Waals surface area (Å²) in [5.41, 5.74) is 0. The number of aliphatic hydroxyl groups excluding tert-OH is 3. The van der Waals surface area contributed by atoms with Gasteiger partial charge in [0.1, 0.15) is 6.10 Å². The van der Waals surface area contributed by atoms with Crippen molar-refractivity contribution in [2.45, 2.75) is 38.6 Å². The van der Waals surface area contributed by atoms with Gasteiger partial charge in [0.15, 0.2) is 0 Å². The Morgan fingerprint density at radius 1 is 1.38 bits per heavy atom. The third kappa shape index (κ3) is 6.51. The Bertz CT molecular complexity index is 147. The molecular weight excluding hydrogens is 176 g/mol. The molecule has 3 N–H and O–H groups in total. The summed E-state index contributed by atoms with van der Waals surface area (Å²) in [6.45, 7) is 1.21. The van der Waals surface area contributed by atoms with E-state index in [4.69, 9.17) is 10.2 Å². The zero-order valence-corrected chi connectivity index (χ0v) is 7.64. The molecule has 0 rings (SSSR count). The molecule has 0 heterocycles. The molecule has 0 amide bonds. The van der Waals surface area contributed by atoms with E-state index in [-0.39, 0.29) is 6.61 Å². The van der Waals surface area contributed by atoms with Gasteiger partial charge >= 0.3 is 5.97 Å². The topological polar surface area (TPSA) is 87.0 Å². The Hall–Kier alpha value is -0.650. The number of unbranched alkanes of at least 4 members (excludes halogenated alkanes) is 1. The van der Waals surface area contributed by atoms with Crippen LogP contribution in [0.25, 0.3) is 0 Å². The van der Waals surface area contributed by atoms with Crippen LogP contribution in [0.2, 0.25) is 0 Å². The molecule has 2 unspecified atom stereocenters. The zero-order valence-electron chi connectivity index (χ0n) is 7.64. The van der Waals surface area contributed by atoms with Gasteiger partial charge in [-0.1, -0.05) is 0 Å². The average Bonchev–Trinajstić information content (AvgIpc) is 2.03. The van der Waals surface area contributed by atoms with Crippen LogP contribution in [0.4, 0.5) is 0 Å². The van der Waals surface area contributed by atoms with Crippen molar-refractivity contribution in [1.82, 2.24) is 0 Å². The number of esters is 1. The first kappa shape index (κ1) is 12.3. The summed E-state index contributed by atoms with van der Waals surface area (Å²) in [5.74, 6) is -0.631. The summed E-state index contributed by atoms with van der Waals surface area (Å²) in [5, 5.41) is 26.6. The maximum atomic E-state index is 10.4. The number of aliphatic hydroxyl groups is 3. The van der Waals surface area contributed by atoms with E-state index in [0.717, 1.165) is 6.92 Å². The third-order valence-corrected chi connectivity index (χ3v) is 1.52. The summed E-state index contributed by atoms with van der Waals surface area (Å²) < 4.78 is 4.35. The smallest absolute Gasteiger partial charge is 0.305 e. The molecule has 0 radical (unpaired) electrons. The molecule has 0 aliphatic carbocycles. The largest absolute Gasteiger partial charge is 0.433 e. The quantitative estimate of drug-likeness (QED) is 0.297. The van der Waals surface area contributed by atoms with Gasteiger partial charge in [-0.2, -0.15) is 0 Å². The minimum Gasteiger partial charge on any atom is -0.433 e. The molecule has 2 atom stereocenters. The summed E-state index contributed by atoms with van der Waals surface area (Å²) in [6, 6.07) is 0. The van der Waals surface area contributed by atoms with Crippen molar-refractivity contribution >= 4 is 5.97 Å². The van der Waals surface area contributed by atoms with Crippen molar-refractivity contribution in [3.05, 3.63) is 0 Å². The Labute approximate surface area is 77.0 Å². The number of carbonyl (C=O) groups excluding carboxylic acids is 1. The molecule has 13 heavy (non-hydrogen) atoms. The summed E-state index contributed by atoms with van der Waals surface area (Å²) >= 11 is 0. The Kier molecular flexibility index (Phi) is 6.48. The van der Waals surface area contributed by atoms with E-state index in [0.29, 0.717) is 19.3 Å². The summed E-state index contributed by atoms with van der Waals surface area (Å²) in [7, 11) is 0. The normalized spacial score (nSPS) is 15.1. The van der Waals surface area contributed by atoms with Gasteiger partial charge in [-0.05, 0) is 19.3 Å². The highest BCUT2D eigenvalue weighted by Crippen LogP contribution is 2.05. The van der Waals surface area contributed by atoms with Gasteiger partial charge in [-0.3, -0.25) is 4.79 Å². The zero-order chi connectivity index (χ0) is 10.3. The van der Waals surface area contributed by atoms with Crippen LogP contribution in [0.15, 0.2) is 0 Å². The van der Waals surface area contributed by atoms with Crippen LogP contribution in [0, 0.1) is 0 Å². The highest BCUT2D eigenvalue weighted by molar-refractivity contribution is 5.66. The Balaban J connectivity index is 3.56. The maximum Gasteiger partial charge on any atom is 0.305 e. The average molecular weight is 192 g/mol. The van der Waals surface area contributed by atoms with Crippen LogP contribution in [0.5, 0.6) is 0 Å². The molecule has 5 nitrogen and oxygen atoms in total. The Morgan fingerprint density at radius 2 is 2.00 bits per heavy atom. The minimum absolute atomic E-state index is 0.0520. The second kappa shape index (κ2) is 6.82. The summed E-state index contributed by atoms with van der Waals surface area (Å²) in [6.07, 6.45) is -1.10. The standard InChI is InChI=1S/C8H16O5/c1-6(10)13-8(12)7(11)4-2-3-5-9/h7-9,11-12H,2-5H2,1H3. The molecule has 0 aromatic rings. The van der Waals surface area contributed by atoms with E-state index >= 15 is 0 Å². The van der Waals surface area contributed by atoms with E-state index in [1.807, 2.05) is 0 Å². The number of carbonyl (C=O) groups is 1. The second-order valence-electron chi connectivity index (χ2n) is 2.79. The molecular formula is C8H16O5. The van der Waals surface area contributed by atoms with Crippen LogP contribution in [-0.2, 0) is 9.53 Å². The first-order chi connectivity index (χ1) is 6.07. The lowest BCUT2D eigenvalue weighted by Gasteiger charge is -2.16. The van der Waals surface area contributed by atoms with Gasteiger partial charge in [0.25, 0.3) is 0 Å². The predicted octanol–water partition coefficient (Wildman–Crippen LogP) is -0.609. The van der Waals surface area contributed by atoms with Crippen molar-refractivity contribution < 1.29 is 24.9 Å². The molecule has 0 saturated carbocycles. The number of ether oxygens (including phenoxy) is 1. The fourth-order valence-electron chi connectivity index (χ4n) is 0.856. The van der Waals surface area contributed by atoms with Gasteiger partial charge in [-0.25, -0.2) is 0 Å². The van der Waals surface area contributed by atoms with E-state index in [9.17, 15) is 9.90 Å². The molecule has 0 fully saturated rings. The fraction of sp³-hybridized carbons (Fsp3) is 0.875. The predicted molar refractivity (Wildman–Crippen MR) is 44.7 cm³/mol. The summed E-state index contributed by atoms with van der Waals surface area (Å²) in [4.78, 5) is 10.4. The van der Waals surface area contributed by atoms with Crippen LogP contribution >= 0.6 is 0 Å². The minimum atomic E-state index is -1.46. The van der Waals surface area contributed by atoms with E-state index in [2.05, 4.69) is 4.74 Å². The molecule has 0 aliphatic rings. The van der Waals surface area contributed by atoms with Crippen LogP contribution < -0.4 is 0 Å². The lowest BCUT2D eigenvalue weighted by Crippen LogP contribution is -2.30. The number of hydrogen-bond acceptors (Lipinski definition) is 5. The van der Waals surface area contributed by atoms with Gasteiger partial charge in [-0.15, -0.1) is 0 Å². The Morgan fingerprint density at radius 3 is 2.46 bits per heavy atom. The van der Waals surface area contributed by atoms with Crippen LogP contribution in [0.3, 0.4) is 0 Å². The van der Waals surface area contributed by atoms with Crippen molar-refractivity contribution in [3.8, 4) is 0 Å².